The second-order valence-corrected chi connectivity index (χ2v) is 5.82. The molecule has 1 heterocycles. The quantitative estimate of drug-likeness (QED) is 0.598. The summed E-state index contributed by atoms with van der Waals surface area (Å²) in [6, 6.07) is 7.03. The van der Waals surface area contributed by atoms with Crippen molar-refractivity contribution in [1.29, 1.82) is 0 Å². The van der Waals surface area contributed by atoms with Gasteiger partial charge in [0.15, 0.2) is 0 Å². The van der Waals surface area contributed by atoms with Gasteiger partial charge in [0.25, 0.3) is 0 Å². The summed E-state index contributed by atoms with van der Waals surface area (Å²) in [5.74, 6) is -2.53. The number of carboxylic acid groups (broad SMARTS) is 1. The number of likely N-dealkylation sites (tertiary alicyclic amines) is 1. The summed E-state index contributed by atoms with van der Waals surface area (Å²) in [4.78, 5) is 36.7. The Hall–Kier alpha value is -2.57. The van der Waals surface area contributed by atoms with E-state index in [4.69, 9.17) is 10.5 Å². The Balaban J connectivity index is 2.03. The van der Waals surface area contributed by atoms with Crippen molar-refractivity contribution in [2.24, 2.45) is 5.92 Å². The Labute approximate surface area is 140 Å². The zero-order chi connectivity index (χ0) is 17.7. The average molecular weight is 334 g/mol. The van der Waals surface area contributed by atoms with Crippen molar-refractivity contribution < 1.29 is 24.2 Å². The average Bonchev–Trinajstić information content (AvgIpc) is 2.99. The van der Waals surface area contributed by atoms with Crippen LogP contribution >= 0.6 is 0 Å². The van der Waals surface area contributed by atoms with E-state index in [1.807, 2.05) is 0 Å². The lowest BCUT2D eigenvalue weighted by Crippen LogP contribution is -2.30. The number of nitrogens with two attached hydrogens (primary N) is 1. The van der Waals surface area contributed by atoms with Crippen molar-refractivity contribution in [3.05, 3.63) is 29.8 Å². The molecule has 130 valence electrons. The van der Waals surface area contributed by atoms with Crippen molar-refractivity contribution in [3.63, 3.8) is 0 Å². The molecule has 1 aliphatic heterocycles. The molecular formula is C17H22N2O5. The van der Waals surface area contributed by atoms with Crippen LogP contribution in [0.3, 0.4) is 0 Å². The van der Waals surface area contributed by atoms with Crippen molar-refractivity contribution in [1.82, 2.24) is 4.90 Å². The van der Waals surface area contributed by atoms with Crippen molar-refractivity contribution in [3.8, 4) is 0 Å². The van der Waals surface area contributed by atoms with Gasteiger partial charge in [0, 0.05) is 31.1 Å². The molecule has 0 spiro atoms. The van der Waals surface area contributed by atoms with Crippen molar-refractivity contribution >= 4 is 23.5 Å². The summed E-state index contributed by atoms with van der Waals surface area (Å²) in [5.41, 5.74) is 7.11. The second-order valence-electron chi connectivity index (χ2n) is 5.82. The van der Waals surface area contributed by atoms with Gasteiger partial charge in [-0.1, -0.05) is 12.1 Å². The van der Waals surface area contributed by atoms with E-state index in [9.17, 15) is 19.5 Å². The van der Waals surface area contributed by atoms with Gasteiger partial charge in [-0.05, 0) is 24.6 Å². The third-order valence-corrected chi connectivity index (χ3v) is 4.20. The molecular weight excluding hydrogens is 312 g/mol. The van der Waals surface area contributed by atoms with Gasteiger partial charge < -0.3 is 20.5 Å². The van der Waals surface area contributed by atoms with Crippen LogP contribution in [-0.4, -0.2) is 47.5 Å². The maximum atomic E-state index is 12.3. The maximum absolute atomic E-state index is 12.3. The molecule has 24 heavy (non-hydrogen) atoms. The lowest BCUT2D eigenvalue weighted by molar-refractivity contribution is -0.146. The Morgan fingerprint density at radius 3 is 2.46 bits per heavy atom. The number of benzene rings is 1. The van der Waals surface area contributed by atoms with E-state index in [1.165, 1.54) is 4.90 Å². The zero-order valence-electron chi connectivity index (χ0n) is 13.6. The molecule has 0 saturated carbocycles. The van der Waals surface area contributed by atoms with Crippen LogP contribution in [0.25, 0.3) is 0 Å². The Morgan fingerprint density at radius 1 is 1.21 bits per heavy atom. The molecule has 1 amide bonds. The fourth-order valence-electron chi connectivity index (χ4n) is 2.94. The van der Waals surface area contributed by atoms with Crippen molar-refractivity contribution in [2.45, 2.75) is 25.7 Å². The maximum Gasteiger partial charge on any atom is 0.308 e. The number of hydrogen-bond donors (Lipinski definition) is 2. The lowest BCUT2D eigenvalue weighted by Gasteiger charge is -2.16. The molecule has 1 aromatic rings. The standard InChI is InChI=1S/C17H22N2O5/c1-2-24-16(21)8-7-15(20)19-9-13(14(10-19)17(22)23)11-3-5-12(18)6-4-11/h3-6,13-14H,2,7-10,18H2,1H3,(H,22,23). The molecule has 3 N–H and O–H groups in total. The van der Waals surface area contributed by atoms with Crippen LogP contribution in [0, 0.1) is 5.92 Å². The first-order chi connectivity index (χ1) is 11.4. The minimum absolute atomic E-state index is 0.00739. The van der Waals surface area contributed by atoms with Gasteiger partial charge in [-0.2, -0.15) is 0 Å². The lowest BCUT2D eigenvalue weighted by atomic mass is 9.89. The topological polar surface area (TPSA) is 110 Å². The molecule has 1 aromatic carbocycles. The van der Waals surface area contributed by atoms with Gasteiger partial charge in [-0.15, -0.1) is 0 Å². The highest BCUT2D eigenvalue weighted by Gasteiger charge is 2.40. The highest BCUT2D eigenvalue weighted by atomic mass is 16.5. The van der Waals surface area contributed by atoms with Crippen LogP contribution in [0.2, 0.25) is 0 Å². The van der Waals surface area contributed by atoms with Crippen LogP contribution < -0.4 is 5.73 Å². The molecule has 1 saturated heterocycles. The van der Waals surface area contributed by atoms with Crippen LogP contribution in [0.4, 0.5) is 5.69 Å². The van der Waals surface area contributed by atoms with Crippen LogP contribution in [0.1, 0.15) is 31.2 Å². The van der Waals surface area contributed by atoms with Gasteiger partial charge in [-0.25, -0.2) is 0 Å². The third kappa shape index (κ3) is 4.24. The van der Waals surface area contributed by atoms with Gasteiger partial charge in [0.2, 0.25) is 5.91 Å². The van der Waals surface area contributed by atoms with Gasteiger partial charge in [-0.3, -0.25) is 14.4 Å². The number of nitrogens with zero attached hydrogens (tertiary/aromatic N) is 1. The first-order valence-electron chi connectivity index (χ1n) is 7.94. The number of esters is 1. The van der Waals surface area contributed by atoms with Crippen LogP contribution in [0.15, 0.2) is 24.3 Å². The molecule has 0 aromatic heterocycles. The minimum Gasteiger partial charge on any atom is -0.481 e. The highest BCUT2D eigenvalue weighted by molar-refractivity contribution is 5.83. The molecule has 0 bridgehead atoms. The number of anilines is 1. The van der Waals surface area contributed by atoms with E-state index in [0.29, 0.717) is 12.2 Å². The zero-order valence-corrected chi connectivity index (χ0v) is 13.6. The number of amides is 1. The van der Waals surface area contributed by atoms with Gasteiger partial charge >= 0.3 is 11.9 Å². The molecule has 7 heteroatoms. The number of hydrogen-bond acceptors (Lipinski definition) is 5. The summed E-state index contributed by atoms with van der Waals surface area (Å²) in [5, 5.41) is 9.45. The van der Waals surface area contributed by atoms with E-state index < -0.39 is 17.9 Å². The summed E-state index contributed by atoms with van der Waals surface area (Å²) >= 11 is 0. The number of carboxylic acids is 1. The molecule has 2 rings (SSSR count). The van der Waals surface area contributed by atoms with E-state index in [1.54, 1.807) is 31.2 Å². The third-order valence-electron chi connectivity index (χ3n) is 4.20. The SMILES string of the molecule is CCOC(=O)CCC(=O)N1CC(C(=O)O)C(c2ccc(N)cc2)C1. The fraction of sp³-hybridized carbons (Fsp3) is 0.471. The Bertz CT molecular complexity index is 614. The Kier molecular flexibility index (Phi) is 5.78. The molecule has 0 radical (unpaired) electrons. The van der Waals surface area contributed by atoms with E-state index in [-0.39, 0.29) is 37.8 Å². The highest BCUT2D eigenvalue weighted by Crippen LogP contribution is 2.33. The fourth-order valence-corrected chi connectivity index (χ4v) is 2.94. The molecule has 2 unspecified atom stereocenters. The predicted octanol–water partition coefficient (Wildman–Crippen LogP) is 1.24. The van der Waals surface area contributed by atoms with Crippen molar-refractivity contribution in [2.75, 3.05) is 25.4 Å². The number of aliphatic carboxylic acids is 1. The second kappa shape index (κ2) is 7.81. The first kappa shape index (κ1) is 17.8. The van der Waals surface area contributed by atoms with E-state index >= 15 is 0 Å². The number of carbonyl (C=O) groups is 3. The summed E-state index contributed by atoms with van der Waals surface area (Å²) in [6.45, 7) is 2.44. The van der Waals surface area contributed by atoms with E-state index in [0.717, 1.165) is 5.56 Å². The smallest absolute Gasteiger partial charge is 0.308 e. The summed E-state index contributed by atoms with van der Waals surface area (Å²) in [7, 11) is 0. The minimum atomic E-state index is -0.933. The van der Waals surface area contributed by atoms with Gasteiger partial charge in [0.1, 0.15) is 0 Å². The van der Waals surface area contributed by atoms with Crippen LogP contribution in [-0.2, 0) is 19.1 Å². The molecule has 0 aliphatic carbocycles. The molecule has 1 fully saturated rings. The monoisotopic (exact) mass is 334 g/mol. The summed E-state index contributed by atoms with van der Waals surface area (Å²) in [6.07, 6.45) is 0.0348. The normalized spacial score (nSPS) is 20.0. The number of ether oxygens (including phenoxy) is 1. The summed E-state index contributed by atoms with van der Waals surface area (Å²) < 4.78 is 4.80. The number of nitrogen functional groups attached to an aromatic ring is 1. The van der Waals surface area contributed by atoms with Gasteiger partial charge in [0.05, 0.1) is 18.9 Å². The predicted molar refractivity (Wildman–Crippen MR) is 87.2 cm³/mol. The first-order valence-corrected chi connectivity index (χ1v) is 7.94. The Morgan fingerprint density at radius 2 is 1.88 bits per heavy atom. The number of carbonyl (C=O) groups excluding carboxylic acids is 2. The number of rotatable bonds is 6. The largest absolute Gasteiger partial charge is 0.481 e. The molecule has 1 aliphatic rings. The van der Waals surface area contributed by atoms with Crippen LogP contribution in [0.5, 0.6) is 0 Å². The van der Waals surface area contributed by atoms with E-state index in [2.05, 4.69) is 0 Å². The molecule has 7 nitrogen and oxygen atoms in total. The molecule has 2 atom stereocenters.